The number of nitrogens with zero attached hydrogens (tertiary/aromatic N) is 1. The summed E-state index contributed by atoms with van der Waals surface area (Å²) in [6, 6.07) is 2.98. The Labute approximate surface area is 128 Å². The van der Waals surface area contributed by atoms with Crippen LogP contribution in [0.25, 0.3) is 0 Å². The summed E-state index contributed by atoms with van der Waals surface area (Å²) < 4.78 is 0. The molecule has 1 rings (SSSR count). The van der Waals surface area contributed by atoms with E-state index in [1.54, 1.807) is 0 Å². The van der Waals surface area contributed by atoms with Crippen molar-refractivity contribution in [2.75, 3.05) is 19.3 Å². The third-order valence-electron chi connectivity index (χ3n) is 4.75. The lowest BCUT2D eigenvalue weighted by Crippen LogP contribution is -2.46. The van der Waals surface area contributed by atoms with E-state index in [-0.39, 0.29) is 0 Å². The molecule has 0 aromatic heterocycles. The van der Waals surface area contributed by atoms with Crippen molar-refractivity contribution in [2.45, 2.75) is 84.2 Å². The maximum Gasteiger partial charge on any atom is 0.0917 e. The number of rotatable bonds is 7. The highest BCUT2D eigenvalue weighted by Gasteiger charge is 2.30. The van der Waals surface area contributed by atoms with Gasteiger partial charge in [0.1, 0.15) is 0 Å². The van der Waals surface area contributed by atoms with E-state index in [0.717, 1.165) is 0 Å². The summed E-state index contributed by atoms with van der Waals surface area (Å²) in [5.41, 5.74) is 2.66. The maximum absolute atomic E-state index is 2.84. The van der Waals surface area contributed by atoms with Gasteiger partial charge in [-0.05, 0) is 39.0 Å². The van der Waals surface area contributed by atoms with Gasteiger partial charge in [0.2, 0.25) is 0 Å². The topological polar surface area (TPSA) is 3.24 Å². The highest BCUT2D eigenvalue weighted by Crippen LogP contribution is 2.24. The fraction of sp³-hybridized carbons (Fsp3) is 0.889. The molecule has 2 heteroatoms. The van der Waals surface area contributed by atoms with Gasteiger partial charge in [0.05, 0.1) is 8.07 Å². The van der Waals surface area contributed by atoms with Gasteiger partial charge in [-0.3, -0.25) is 0 Å². The monoisotopic (exact) mass is 295 g/mol. The van der Waals surface area contributed by atoms with Crippen LogP contribution in [-0.2, 0) is 0 Å². The first kappa shape index (κ1) is 18.0. The molecule has 0 radical (unpaired) electrons. The number of hydrogen-bond donors (Lipinski definition) is 0. The Morgan fingerprint density at radius 2 is 1.35 bits per heavy atom. The van der Waals surface area contributed by atoms with Crippen LogP contribution in [0.3, 0.4) is 0 Å². The lowest BCUT2D eigenvalue weighted by Gasteiger charge is -2.35. The van der Waals surface area contributed by atoms with Crippen molar-refractivity contribution < 1.29 is 0 Å². The fourth-order valence-electron chi connectivity index (χ4n) is 3.94. The van der Waals surface area contributed by atoms with Gasteiger partial charge in [-0.1, -0.05) is 76.2 Å². The first-order chi connectivity index (χ1) is 9.76. The smallest absolute Gasteiger partial charge is 0.0917 e. The van der Waals surface area contributed by atoms with Gasteiger partial charge >= 0.3 is 0 Å². The standard InChI is InChI=1S/C18H37NSi/c1-4-15-20(16-5-2,17-6-3)18-19-13-11-9-7-8-10-12-14-19/h4,15H,5-14,16-18H2,1-3H3. The van der Waals surface area contributed by atoms with Crippen LogP contribution in [0.5, 0.6) is 0 Å². The van der Waals surface area contributed by atoms with E-state index >= 15 is 0 Å². The zero-order valence-electron chi connectivity index (χ0n) is 14.3. The predicted molar refractivity (Wildman–Crippen MR) is 94.9 cm³/mol. The number of hydrogen-bond acceptors (Lipinski definition) is 1. The van der Waals surface area contributed by atoms with Gasteiger partial charge in [-0.15, -0.1) is 0 Å². The molecular weight excluding hydrogens is 258 g/mol. The molecule has 1 fully saturated rings. The lowest BCUT2D eigenvalue weighted by atomic mass is 10.1. The van der Waals surface area contributed by atoms with Crippen LogP contribution in [-0.4, -0.2) is 32.2 Å². The molecule has 1 heterocycles. The molecule has 0 N–H and O–H groups in total. The van der Waals surface area contributed by atoms with Gasteiger partial charge in [0.25, 0.3) is 0 Å². The average Bonchev–Trinajstić information content (AvgIpc) is 2.54. The summed E-state index contributed by atoms with van der Waals surface area (Å²) >= 11 is 0. The molecule has 1 saturated heterocycles. The van der Waals surface area contributed by atoms with Crippen LogP contribution in [0.1, 0.15) is 72.1 Å². The summed E-state index contributed by atoms with van der Waals surface area (Å²) in [7, 11) is -1.19. The fourth-order valence-corrected chi connectivity index (χ4v) is 8.86. The molecule has 0 atom stereocenters. The SMILES string of the molecule is CC=C[Si](CCC)(CCC)CN1CCCCCCCC1. The molecule has 1 nitrogen and oxygen atoms in total. The van der Waals surface area contributed by atoms with E-state index in [2.05, 4.69) is 37.4 Å². The van der Waals surface area contributed by atoms with Crippen molar-refractivity contribution in [3.8, 4) is 0 Å². The van der Waals surface area contributed by atoms with Crippen molar-refractivity contribution >= 4 is 8.07 Å². The first-order valence-electron chi connectivity index (χ1n) is 9.12. The molecule has 118 valence electrons. The van der Waals surface area contributed by atoms with Crippen LogP contribution in [0, 0.1) is 0 Å². The van der Waals surface area contributed by atoms with Gasteiger partial charge in [-0.2, -0.15) is 0 Å². The van der Waals surface area contributed by atoms with E-state index in [4.69, 9.17) is 0 Å². The first-order valence-corrected chi connectivity index (χ1v) is 11.8. The molecular formula is C18H37NSi. The van der Waals surface area contributed by atoms with E-state index < -0.39 is 8.07 Å². The van der Waals surface area contributed by atoms with Gasteiger partial charge < -0.3 is 4.90 Å². The molecule has 0 aromatic rings. The zero-order chi connectivity index (χ0) is 14.7. The molecule has 1 aliphatic rings. The van der Waals surface area contributed by atoms with Crippen molar-refractivity contribution in [3.63, 3.8) is 0 Å². The molecule has 0 aliphatic carbocycles. The minimum absolute atomic E-state index is 1.19. The second-order valence-corrected chi connectivity index (χ2v) is 11.1. The molecule has 0 aromatic carbocycles. The van der Waals surface area contributed by atoms with Crippen LogP contribution in [0.4, 0.5) is 0 Å². The molecule has 0 saturated carbocycles. The Kier molecular flexibility index (Phi) is 9.54. The average molecular weight is 296 g/mol. The second-order valence-electron chi connectivity index (χ2n) is 6.76. The highest BCUT2D eigenvalue weighted by atomic mass is 28.3. The van der Waals surface area contributed by atoms with E-state index in [1.165, 1.54) is 82.7 Å². The quantitative estimate of drug-likeness (QED) is 0.555. The molecule has 0 bridgehead atoms. The second kappa shape index (κ2) is 10.6. The molecule has 0 amide bonds. The summed E-state index contributed by atoms with van der Waals surface area (Å²) in [6.07, 6.45) is 15.2. The van der Waals surface area contributed by atoms with E-state index in [9.17, 15) is 0 Å². The Bertz CT molecular complexity index is 246. The van der Waals surface area contributed by atoms with E-state index in [0.29, 0.717) is 0 Å². The van der Waals surface area contributed by atoms with Crippen molar-refractivity contribution in [2.24, 2.45) is 0 Å². The van der Waals surface area contributed by atoms with Crippen molar-refractivity contribution in [3.05, 3.63) is 11.8 Å². The summed E-state index contributed by atoms with van der Waals surface area (Å²) in [4.78, 5) is 2.84. The van der Waals surface area contributed by atoms with Crippen LogP contribution >= 0.6 is 0 Å². The van der Waals surface area contributed by atoms with Gasteiger partial charge in [0.15, 0.2) is 0 Å². The van der Waals surface area contributed by atoms with Crippen molar-refractivity contribution in [1.82, 2.24) is 4.90 Å². The summed E-state index contributed by atoms with van der Waals surface area (Å²) in [5.74, 6) is 0. The third-order valence-corrected chi connectivity index (χ3v) is 9.86. The molecule has 1 aliphatic heterocycles. The van der Waals surface area contributed by atoms with Gasteiger partial charge in [-0.25, -0.2) is 0 Å². The minimum atomic E-state index is -1.19. The molecule has 0 spiro atoms. The van der Waals surface area contributed by atoms with Crippen LogP contribution in [0.2, 0.25) is 12.1 Å². The Morgan fingerprint density at radius 1 is 0.850 bits per heavy atom. The Hall–Kier alpha value is -0.0831. The maximum atomic E-state index is 2.84. The molecule has 0 unspecified atom stereocenters. The van der Waals surface area contributed by atoms with Crippen LogP contribution < -0.4 is 0 Å². The normalized spacial score (nSPS) is 19.8. The van der Waals surface area contributed by atoms with Gasteiger partial charge in [0, 0.05) is 0 Å². The summed E-state index contributed by atoms with van der Waals surface area (Å²) in [5, 5.41) is 0. The Balaban J connectivity index is 2.68. The predicted octanol–water partition coefficient (Wildman–Crippen LogP) is 5.57. The summed E-state index contributed by atoms with van der Waals surface area (Å²) in [6.45, 7) is 9.70. The van der Waals surface area contributed by atoms with Crippen LogP contribution in [0.15, 0.2) is 11.8 Å². The Morgan fingerprint density at radius 3 is 1.80 bits per heavy atom. The minimum Gasteiger partial charge on any atom is -0.306 e. The molecule has 20 heavy (non-hydrogen) atoms. The van der Waals surface area contributed by atoms with Crippen molar-refractivity contribution in [1.29, 1.82) is 0 Å². The number of allylic oxidation sites excluding steroid dienone is 1. The lowest BCUT2D eigenvalue weighted by molar-refractivity contribution is 0.305. The van der Waals surface area contributed by atoms with E-state index in [1.807, 2.05) is 0 Å². The highest BCUT2D eigenvalue weighted by molar-refractivity contribution is 6.84. The zero-order valence-corrected chi connectivity index (χ0v) is 15.3. The largest absolute Gasteiger partial charge is 0.306 e. The third kappa shape index (κ3) is 6.58.